The Morgan fingerprint density at radius 2 is 2.00 bits per heavy atom. The summed E-state index contributed by atoms with van der Waals surface area (Å²) in [7, 11) is 2.93. The van der Waals surface area contributed by atoms with E-state index in [9.17, 15) is 9.59 Å². The summed E-state index contributed by atoms with van der Waals surface area (Å²) >= 11 is 1.23. The lowest BCUT2D eigenvalue weighted by atomic mass is 10.3. The number of carbonyl (C=O) groups is 2. The Bertz CT molecular complexity index is 704. The smallest absolute Gasteiger partial charge is 0.305 e. The topological polar surface area (TPSA) is 108 Å². The Hall–Kier alpha value is -2.62. The number of rotatable bonds is 9. The third-order valence-electron chi connectivity index (χ3n) is 3.20. The Labute approximate surface area is 149 Å². The quantitative estimate of drug-likeness (QED) is 0.395. The first kappa shape index (κ1) is 18.7. The van der Waals surface area contributed by atoms with Crippen LogP contribution in [0.3, 0.4) is 0 Å². The van der Waals surface area contributed by atoms with Crippen LogP contribution >= 0.6 is 11.8 Å². The number of nitrogens with zero attached hydrogens (tertiary/aromatic N) is 4. The molecule has 0 saturated heterocycles. The highest BCUT2D eigenvalue weighted by Gasteiger charge is 2.11. The maximum Gasteiger partial charge on any atom is 0.305 e. The van der Waals surface area contributed by atoms with Crippen molar-refractivity contribution < 1.29 is 19.1 Å². The average Bonchev–Trinajstić information content (AvgIpc) is 3.12. The number of amides is 1. The number of benzene rings is 1. The third kappa shape index (κ3) is 5.75. The van der Waals surface area contributed by atoms with Gasteiger partial charge in [-0.1, -0.05) is 11.8 Å². The van der Waals surface area contributed by atoms with Gasteiger partial charge in [-0.25, -0.2) is 0 Å². The van der Waals surface area contributed by atoms with Gasteiger partial charge < -0.3 is 14.8 Å². The number of tetrazole rings is 1. The standard InChI is InChI=1S/C15H19N5O4S/c1-23-12-7-5-11(6-8-12)20-15(17-18-19-20)25-10-13(21)16-9-3-4-14(22)24-2/h5-8H,3-4,9-10H2,1-2H3,(H,16,21). The van der Waals surface area contributed by atoms with Gasteiger partial charge in [0.15, 0.2) is 0 Å². The number of nitrogens with one attached hydrogen (secondary N) is 1. The van der Waals surface area contributed by atoms with Gasteiger partial charge in [-0.3, -0.25) is 9.59 Å². The molecular weight excluding hydrogens is 346 g/mol. The lowest BCUT2D eigenvalue weighted by Crippen LogP contribution is -2.26. The van der Waals surface area contributed by atoms with Gasteiger partial charge in [-0.15, -0.1) is 5.10 Å². The van der Waals surface area contributed by atoms with Crippen molar-refractivity contribution in [2.24, 2.45) is 0 Å². The first-order valence-electron chi connectivity index (χ1n) is 7.53. The van der Waals surface area contributed by atoms with Crippen LogP contribution in [0, 0.1) is 0 Å². The van der Waals surface area contributed by atoms with Gasteiger partial charge in [0, 0.05) is 13.0 Å². The predicted octanol–water partition coefficient (Wildman–Crippen LogP) is 0.832. The lowest BCUT2D eigenvalue weighted by Gasteiger charge is -2.06. The third-order valence-corrected chi connectivity index (χ3v) is 4.12. The lowest BCUT2D eigenvalue weighted by molar-refractivity contribution is -0.140. The van der Waals surface area contributed by atoms with E-state index in [1.165, 1.54) is 18.9 Å². The monoisotopic (exact) mass is 365 g/mol. The summed E-state index contributed by atoms with van der Waals surface area (Å²) in [6, 6.07) is 7.26. The van der Waals surface area contributed by atoms with E-state index in [1.807, 2.05) is 12.1 Å². The molecule has 2 aromatic rings. The molecule has 0 saturated carbocycles. The van der Waals surface area contributed by atoms with Crippen LogP contribution < -0.4 is 10.1 Å². The Kier molecular flexibility index (Phi) is 7.20. The molecule has 10 heteroatoms. The summed E-state index contributed by atoms with van der Waals surface area (Å²) in [5.74, 6) is 0.466. The fourth-order valence-corrected chi connectivity index (χ4v) is 2.62. The number of carbonyl (C=O) groups excluding carboxylic acids is 2. The summed E-state index contributed by atoms with van der Waals surface area (Å²) in [5, 5.41) is 14.8. The molecule has 0 aliphatic rings. The molecule has 0 atom stereocenters. The van der Waals surface area contributed by atoms with Crippen molar-refractivity contribution in [2.45, 2.75) is 18.0 Å². The Morgan fingerprint density at radius 3 is 2.68 bits per heavy atom. The van der Waals surface area contributed by atoms with Crippen molar-refractivity contribution in [1.82, 2.24) is 25.5 Å². The SMILES string of the molecule is COC(=O)CCCNC(=O)CSc1nnnn1-c1ccc(OC)cc1. The highest BCUT2D eigenvalue weighted by atomic mass is 32.2. The van der Waals surface area contributed by atoms with Gasteiger partial charge >= 0.3 is 5.97 Å². The summed E-state index contributed by atoms with van der Waals surface area (Å²) in [5.41, 5.74) is 0.770. The molecule has 134 valence electrons. The molecule has 0 spiro atoms. The van der Waals surface area contributed by atoms with E-state index >= 15 is 0 Å². The second kappa shape index (κ2) is 9.62. The number of hydrogen-bond donors (Lipinski definition) is 1. The zero-order valence-electron chi connectivity index (χ0n) is 14.0. The summed E-state index contributed by atoms with van der Waals surface area (Å²) < 4.78 is 11.2. The fourth-order valence-electron chi connectivity index (χ4n) is 1.90. The van der Waals surface area contributed by atoms with E-state index in [-0.39, 0.29) is 24.1 Å². The molecule has 1 amide bonds. The zero-order chi connectivity index (χ0) is 18.1. The summed E-state index contributed by atoms with van der Waals surface area (Å²) in [4.78, 5) is 22.8. The molecule has 0 bridgehead atoms. The van der Waals surface area contributed by atoms with Crippen LogP contribution in [-0.2, 0) is 14.3 Å². The van der Waals surface area contributed by atoms with Crippen LogP contribution in [-0.4, -0.2) is 58.6 Å². The minimum Gasteiger partial charge on any atom is -0.497 e. The van der Waals surface area contributed by atoms with E-state index in [0.29, 0.717) is 18.1 Å². The molecule has 9 nitrogen and oxygen atoms in total. The minimum absolute atomic E-state index is 0.154. The van der Waals surface area contributed by atoms with E-state index in [1.54, 1.807) is 23.9 Å². The predicted molar refractivity (Wildman–Crippen MR) is 90.7 cm³/mol. The number of hydrogen-bond acceptors (Lipinski definition) is 8. The molecule has 25 heavy (non-hydrogen) atoms. The first-order chi connectivity index (χ1) is 12.1. The van der Waals surface area contributed by atoms with Crippen LogP contribution in [0.25, 0.3) is 5.69 Å². The molecule has 1 aromatic carbocycles. The summed E-state index contributed by atoms with van der Waals surface area (Å²) in [6.07, 6.45) is 0.812. The molecule has 0 unspecified atom stereocenters. The summed E-state index contributed by atoms with van der Waals surface area (Å²) in [6.45, 7) is 0.415. The van der Waals surface area contributed by atoms with E-state index < -0.39 is 0 Å². The minimum atomic E-state index is -0.290. The molecule has 0 aliphatic heterocycles. The van der Waals surface area contributed by atoms with Gasteiger partial charge in [0.2, 0.25) is 11.1 Å². The zero-order valence-corrected chi connectivity index (χ0v) is 14.8. The highest BCUT2D eigenvalue weighted by molar-refractivity contribution is 7.99. The van der Waals surface area contributed by atoms with Crippen LogP contribution in [0.5, 0.6) is 5.75 Å². The van der Waals surface area contributed by atoms with Gasteiger partial charge in [-0.2, -0.15) is 4.68 Å². The average molecular weight is 365 g/mol. The molecule has 0 aliphatic carbocycles. The van der Waals surface area contributed by atoms with Crippen LogP contribution in [0.1, 0.15) is 12.8 Å². The normalized spacial score (nSPS) is 10.3. The van der Waals surface area contributed by atoms with Crippen molar-refractivity contribution in [3.8, 4) is 11.4 Å². The van der Waals surface area contributed by atoms with Gasteiger partial charge in [0.25, 0.3) is 0 Å². The van der Waals surface area contributed by atoms with E-state index in [4.69, 9.17) is 4.74 Å². The van der Waals surface area contributed by atoms with E-state index in [0.717, 1.165) is 11.4 Å². The Balaban J connectivity index is 1.82. The molecule has 1 N–H and O–H groups in total. The number of esters is 1. The molecule has 1 heterocycles. The second-order valence-corrected chi connectivity index (χ2v) is 5.83. The van der Waals surface area contributed by atoms with Crippen molar-refractivity contribution in [1.29, 1.82) is 0 Å². The number of thioether (sulfide) groups is 1. The van der Waals surface area contributed by atoms with Gasteiger partial charge in [0.05, 0.1) is 25.7 Å². The van der Waals surface area contributed by atoms with Crippen molar-refractivity contribution >= 4 is 23.6 Å². The highest BCUT2D eigenvalue weighted by Crippen LogP contribution is 2.20. The molecular formula is C15H19N5O4S. The largest absolute Gasteiger partial charge is 0.497 e. The van der Waals surface area contributed by atoms with Crippen LogP contribution in [0.4, 0.5) is 0 Å². The number of methoxy groups -OCH3 is 2. The van der Waals surface area contributed by atoms with Crippen molar-refractivity contribution in [3.05, 3.63) is 24.3 Å². The number of ether oxygens (including phenoxy) is 2. The van der Waals surface area contributed by atoms with E-state index in [2.05, 4.69) is 25.6 Å². The fraction of sp³-hybridized carbons (Fsp3) is 0.400. The van der Waals surface area contributed by atoms with Crippen molar-refractivity contribution in [3.63, 3.8) is 0 Å². The Morgan fingerprint density at radius 1 is 1.24 bits per heavy atom. The number of aromatic nitrogens is 4. The molecule has 2 rings (SSSR count). The molecule has 0 radical (unpaired) electrons. The van der Waals surface area contributed by atoms with Crippen LogP contribution in [0.2, 0.25) is 0 Å². The van der Waals surface area contributed by atoms with Gasteiger partial charge in [0.1, 0.15) is 5.75 Å². The maximum absolute atomic E-state index is 11.8. The molecule has 0 fully saturated rings. The maximum atomic E-state index is 11.8. The second-order valence-electron chi connectivity index (χ2n) is 4.89. The van der Waals surface area contributed by atoms with Crippen LogP contribution in [0.15, 0.2) is 29.4 Å². The molecule has 1 aromatic heterocycles. The first-order valence-corrected chi connectivity index (χ1v) is 8.51. The van der Waals surface area contributed by atoms with Crippen molar-refractivity contribution in [2.75, 3.05) is 26.5 Å². The van der Waals surface area contributed by atoms with Gasteiger partial charge in [-0.05, 0) is 41.1 Å².